The van der Waals surface area contributed by atoms with E-state index in [1.54, 1.807) is 0 Å². The second kappa shape index (κ2) is 8.58. The maximum atomic E-state index is 11.5. The summed E-state index contributed by atoms with van der Waals surface area (Å²) < 4.78 is 5.39. The number of hydrogen-bond acceptors (Lipinski definition) is 3. The maximum absolute atomic E-state index is 11.5. The molecule has 22 heavy (non-hydrogen) atoms. The number of amides is 1. The van der Waals surface area contributed by atoms with Gasteiger partial charge in [0, 0.05) is 31.7 Å². The Hall–Kier alpha value is -1.82. The summed E-state index contributed by atoms with van der Waals surface area (Å²) in [5, 5.41) is 6.89. The molecule has 0 saturated carbocycles. The van der Waals surface area contributed by atoms with Crippen LogP contribution in [0.1, 0.15) is 26.2 Å². The molecule has 0 aromatic heterocycles. The zero-order valence-corrected chi connectivity index (χ0v) is 13.7. The second-order valence-electron chi connectivity index (χ2n) is 5.18. The van der Waals surface area contributed by atoms with Crippen molar-refractivity contribution in [2.75, 3.05) is 31.6 Å². The predicted octanol–water partition coefficient (Wildman–Crippen LogP) is 2.38. The molecule has 1 fully saturated rings. The number of nitrogens with one attached hydrogen (secondary N) is 2. The summed E-state index contributed by atoms with van der Waals surface area (Å²) in [5.41, 5.74) is 0.927. The quantitative estimate of drug-likeness (QED) is 0.596. The fourth-order valence-corrected chi connectivity index (χ4v) is 2.61. The number of nitrogens with zero attached hydrogens (tertiary/aromatic N) is 1. The highest BCUT2D eigenvalue weighted by Crippen LogP contribution is 2.15. The van der Waals surface area contributed by atoms with E-state index < -0.39 is 0 Å². The van der Waals surface area contributed by atoms with Gasteiger partial charge in [0.25, 0.3) is 0 Å². The first-order valence-corrected chi connectivity index (χ1v) is 8.15. The van der Waals surface area contributed by atoms with Gasteiger partial charge in [0.15, 0.2) is 5.11 Å². The summed E-state index contributed by atoms with van der Waals surface area (Å²) in [6.07, 6.45) is 2.59. The van der Waals surface area contributed by atoms with Crippen molar-refractivity contribution in [3.8, 4) is 5.75 Å². The molecule has 120 valence electrons. The number of likely N-dealkylation sites (tertiary alicyclic amines) is 1. The van der Waals surface area contributed by atoms with Gasteiger partial charge >= 0.3 is 0 Å². The minimum atomic E-state index is 0.273. The molecule has 1 heterocycles. The Kier molecular flexibility index (Phi) is 6.45. The highest BCUT2D eigenvalue weighted by Gasteiger charge is 2.18. The molecular formula is C16H23N3O2S. The van der Waals surface area contributed by atoms with Crippen LogP contribution in [0.25, 0.3) is 0 Å². The molecular weight excluding hydrogens is 298 g/mol. The van der Waals surface area contributed by atoms with Crippen molar-refractivity contribution in [1.82, 2.24) is 10.2 Å². The molecule has 6 heteroatoms. The lowest BCUT2D eigenvalue weighted by Crippen LogP contribution is -2.32. The summed E-state index contributed by atoms with van der Waals surface area (Å²) in [6.45, 7) is 5.07. The number of benzene rings is 1. The molecule has 2 rings (SSSR count). The minimum Gasteiger partial charge on any atom is -0.494 e. The Morgan fingerprint density at radius 3 is 2.77 bits per heavy atom. The van der Waals surface area contributed by atoms with Gasteiger partial charge in [-0.25, -0.2) is 0 Å². The Balaban J connectivity index is 1.63. The lowest BCUT2D eigenvalue weighted by molar-refractivity contribution is -0.127. The first-order chi connectivity index (χ1) is 10.7. The van der Waals surface area contributed by atoms with Crippen molar-refractivity contribution >= 4 is 28.9 Å². The van der Waals surface area contributed by atoms with E-state index >= 15 is 0 Å². The Morgan fingerprint density at radius 1 is 1.36 bits per heavy atom. The van der Waals surface area contributed by atoms with Crippen molar-refractivity contribution in [1.29, 1.82) is 0 Å². The van der Waals surface area contributed by atoms with Crippen LogP contribution in [0.3, 0.4) is 0 Å². The Labute approximate surface area is 137 Å². The van der Waals surface area contributed by atoms with Crippen LogP contribution >= 0.6 is 12.2 Å². The van der Waals surface area contributed by atoms with E-state index in [1.807, 2.05) is 36.1 Å². The first-order valence-electron chi connectivity index (χ1n) is 7.74. The zero-order valence-electron chi connectivity index (χ0n) is 12.9. The number of hydrogen-bond donors (Lipinski definition) is 2. The topological polar surface area (TPSA) is 53.6 Å². The van der Waals surface area contributed by atoms with Crippen molar-refractivity contribution in [2.24, 2.45) is 0 Å². The molecule has 5 nitrogen and oxygen atoms in total. The largest absolute Gasteiger partial charge is 0.494 e. The Morgan fingerprint density at radius 2 is 2.14 bits per heavy atom. The summed E-state index contributed by atoms with van der Waals surface area (Å²) in [4.78, 5) is 13.4. The lowest BCUT2D eigenvalue weighted by atomic mass is 10.3. The summed E-state index contributed by atoms with van der Waals surface area (Å²) in [5.74, 6) is 1.12. The van der Waals surface area contributed by atoms with Gasteiger partial charge in [-0.2, -0.15) is 0 Å². The molecule has 0 spiro atoms. The third-order valence-corrected chi connectivity index (χ3v) is 3.73. The summed E-state index contributed by atoms with van der Waals surface area (Å²) >= 11 is 5.26. The smallest absolute Gasteiger partial charge is 0.222 e. The number of rotatable bonds is 7. The molecule has 2 N–H and O–H groups in total. The molecule has 1 aromatic rings. The minimum absolute atomic E-state index is 0.273. The fourth-order valence-electron chi connectivity index (χ4n) is 2.39. The van der Waals surface area contributed by atoms with Crippen LogP contribution in [-0.4, -0.2) is 42.2 Å². The van der Waals surface area contributed by atoms with Crippen LogP contribution in [0.15, 0.2) is 24.3 Å². The van der Waals surface area contributed by atoms with Crippen molar-refractivity contribution in [3.05, 3.63) is 24.3 Å². The van der Waals surface area contributed by atoms with Gasteiger partial charge in [-0.15, -0.1) is 0 Å². The van der Waals surface area contributed by atoms with Crippen molar-refractivity contribution in [2.45, 2.75) is 26.2 Å². The average molecular weight is 321 g/mol. The van der Waals surface area contributed by atoms with Gasteiger partial charge < -0.3 is 20.3 Å². The monoisotopic (exact) mass is 321 g/mol. The highest BCUT2D eigenvalue weighted by atomic mass is 32.1. The number of anilines is 1. The molecule has 0 unspecified atom stereocenters. The van der Waals surface area contributed by atoms with Crippen LogP contribution in [-0.2, 0) is 4.79 Å². The fraction of sp³-hybridized carbons (Fsp3) is 0.500. The van der Waals surface area contributed by atoms with Gasteiger partial charge in [-0.3, -0.25) is 4.79 Å². The molecule has 1 amide bonds. The summed E-state index contributed by atoms with van der Waals surface area (Å²) in [6, 6.07) is 7.69. The van der Waals surface area contributed by atoms with E-state index in [0.29, 0.717) is 18.1 Å². The molecule has 1 aliphatic rings. The predicted molar refractivity (Wildman–Crippen MR) is 92.3 cm³/mol. The van der Waals surface area contributed by atoms with Gasteiger partial charge in [-0.05, 0) is 56.2 Å². The van der Waals surface area contributed by atoms with Crippen molar-refractivity contribution in [3.63, 3.8) is 0 Å². The Bertz CT molecular complexity index is 505. The highest BCUT2D eigenvalue weighted by molar-refractivity contribution is 7.80. The molecule has 1 aliphatic heterocycles. The summed E-state index contributed by atoms with van der Waals surface area (Å²) in [7, 11) is 0. The van der Waals surface area contributed by atoms with Gasteiger partial charge in [0.05, 0.1) is 6.61 Å². The van der Waals surface area contributed by atoms with Crippen LogP contribution in [0.4, 0.5) is 5.69 Å². The van der Waals surface area contributed by atoms with Crippen LogP contribution in [0.2, 0.25) is 0 Å². The second-order valence-corrected chi connectivity index (χ2v) is 5.58. The van der Waals surface area contributed by atoms with Crippen LogP contribution < -0.4 is 15.4 Å². The first kappa shape index (κ1) is 16.5. The van der Waals surface area contributed by atoms with Gasteiger partial charge in [-0.1, -0.05) is 0 Å². The molecule has 0 atom stereocenters. The molecule has 1 aromatic carbocycles. The van der Waals surface area contributed by atoms with Gasteiger partial charge in [0.2, 0.25) is 5.91 Å². The number of ether oxygens (including phenoxy) is 1. The molecule has 0 aliphatic carbocycles. The van der Waals surface area contributed by atoms with Crippen molar-refractivity contribution < 1.29 is 9.53 Å². The van der Waals surface area contributed by atoms with Gasteiger partial charge in [0.1, 0.15) is 5.75 Å². The third kappa shape index (κ3) is 5.18. The lowest BCUT2D eigenvalue weighted by Gasteiger charge is -2.16. The van der Waals surface area contributed by atoms with E-state index in [9.17, 15) is 4.79 Å². The number of thiocarbonyl (C=S) groups is 1. The molecule has 0 bridgehead atoms. The van der Waals surface area contributed by atoms with Crippen LogP contribution in [0, 0.1) is 0 Å². The third-order valence-electron chi connectivity index (χ3n) is 3.48. The van der Waals surface area contributed by atoms with E-state index in [-0.39, 0.29) is 5.91 Å². The number of carbonyl (C=O) groups is 1. The van der Waals surface area contributed by atoms with Crippen LogP contribution in [0.5, 0.6) is 5.75 Å². The normalized spacial score (nSPS) is 14.0. The van der Waals surface area contributed by atoms with E-state index in [1.165, 1.54) is 0 Å². The van der Waals surface area contributed by atoms with E-state index in [4.69, 9.17) is 17.0 Å². The maximum Gasteiger partial charge on any atom is 0.222 e. The van der Waals surface area contributed by atoms with E-state index in [2.05, 4.69) is 10.6 Å². The SMILES string of the molecule is CCOc1ccc(NC(=S)NCCCN2CCCC2=O)cc1. The average Bonchev–Trinajstić information content (AvgIpc) is 2.91. The number of carbonyl (C=O) groups excluding carboxylic acids is 1. The standard InChI is InChI=1S/C16H23N3O2S/c1-2-21-14-8-6-13(7-9-14)18-16(22)17-10-4-12-19-11-3-5-15(19)20/h6-9H,2-5,10-12H2,1H3,(H2,17,18,22). The zero-order chi connectivity index (χ0) is 15.8. The molecule has 0 radical (unpaired) electrons. The van der Waals surface area contributed by atoms with E-state index in [0.717, 1.165) is 43.9 Å². The molecule has 1 saturated heterocycles.